The summed E-state index contributed by atoms with van der Waals surface area (Å²) in [6, 6.07) is 5.59. The summed E-state index contributed by atoms with van der Waals surface area (Å²) in [5.41, 5.74) is 1.40. The van der Waals surface area contributed by atoms with Crippen LogP contribution in [-0.2, 0) is 10.3 Å². The fourth-order valence-electron chi connectivity index (χ4n) is 2.17. The number of aromatic nitrogens is 2. The first-order chi connectivity index (χ1) is 9.62. The number of nitrogens with zero attached hydrogens (tertiary/aromatic N) is 2. The van der Waals surface area contributed by atoms with Gasteiger partial charge in [0.15, 0.2) is 0 Å². The van der Waals surface area contributed by atoms with Crippen molar-refractivity contribution < 1.29 is 14.6 Å². The number of rotatable bonds is 3. The number of halogens is 1. The first-order valence-corrected chi connectivity index (χ1v) is 6.88. The first-order valence-electron chi connectivity index (χ1n) is 6.09. The zero-order valence-electron chi connectivity index (χ0n) is 10.8. The molecule has 20 heavy (non-hydrogen) atoms. The van der Waals surface area contributed by atoms with Gasteiger partial charge in [-0.15, -0.1) is 0 Å². The first kappa shape index (κ1) is 13.5. The SMILES string of the molecule is COc1cc(-c2cncc(Br)n2)ccc1C1(O)COC1. The lowest BCUT2D eigenvalue weighted by atomic mass is 9.90. The molecule has 3 rings (SSSR count). The molecule has 0 atom stereocenters. The molecule has 5 nitrogen and oxygen atoms in total. The van der Waals surface area contributed by atoms with Gasteiger partial charge in [0, 0.05) is 11.1 Å². The summed E-state index contributed by atoms with van der Waals surface area (Å²) >= 11 is 3.30. The third-order valence-electron chi connectivity index (χ3n) is 3.29. The van der Waals surface area contributed by atoms with Gasteiger partial charge in [0.25, 0.3) is 0 Å². The second-order valence-electron chi connectivity index (χ2n) is 4.67. The van der Waals surface area contributed by atoms with E-state index in [-0.39, 0.29) is 0 Å². The number of aliphatic hydroxyl groups is 1. The Morgan fingerprint density at radius 1 is 1.35 bits per heavy atom. The van der Waals surface area contributed by atoms with Gasteiger partial charge in [0.05, 0.1) is 38.4 Å². The molecule has 1 N–H and O–H groups in total. The summed E-state index contributed by atoms with van der Waals surface area (Å²) in [4.78, 5) is 8.45. The van der Waals surface area contributed by atoms with Crippen LogP contribution in [-0.4, -0.2) is 35.4 Å². The molecule has 2 aromatic rings. The van der Waals surface area contributed by atoms with Crippen molar-refractivity contribution in [1.29, 1.82) is 0 Å². The van der Waals surface area contributed by atoms with E-state index in [1.54, 1.807) is 19.5 Å². The molecule has 1 fully saturated rings. The average molecular weight is 337 g/mol. The molecule has 1 saturated heterocycles. The third-order valence-corrected chi connectivity index (χ3v) is 3.67. The number of ether oxygens (including phenoxy) is 2. The lowest BCUT2D eigenvalue weighted by Crippen LogP contribution is -2.46. The van der Waals surface area contributed by atoms with Gasteiger partial charge in [-0.3, -0.25) is 4.98 Å². The molecule has 6 heteroatoms. The minimum Gasteiger partial charge on any atom is -0.496 e. The molecule has 104 valence electrons. The zero-order valence-corrected chi connectivity index (χ0v) is 12.4. The Balaban J connectivity index is 2.03. The molecule has 0 spiro atoms. The van der Waals surface area contributed by atoms with Crippen LogP contribution in [0.2, 0.25) is 0 Å². The van der Waals surface area contributed by atoms with E-state index in [0.29, 0.717) is 23.6 Å². The van der Waals surface area contributed by atoms with Crippen molar-refractivity contribution in [3.05, 3.63) is 40.8 Å². The number of hydrogen-bond acceptors (Lipinski definition) is 5. The molecule has 2 heterocycles. The highest BCUT2D eigenvalue weighted by Gasteiger charge is 2.40. The minimum atomic E-state index is -0.952. The lowest BCUT2D eigenvalue weighted by molar-refractivity contribution is -0.185. The molecular weight excluding hydrogens is 324 g/mol. The van der Waals surface area contributed by atoms with Crippen molar-refractivity contribution in [3.63, 3.8) is 0 Å². The largest absolute Gasteiger partial charge is 0.496 e. The second-order valence-corrected chi connectivity index (χ2v) is 5.48. The number of benzene rings is 1. The van der Waals surface area contributed by atoms with Crippen LogP contribution in [0.3, 0.4) is 0 Å². The van der Waals surface area contributed by atoms with E-state index < -0.39 is 5.60 Å². The van der Waals surface area contributed by atoms with Gasteiger partial charge in [-0.25, -0.2) is 4.98 Å². The monoisotopic (exact) mass is 336 g/mol. The predicted octanol–water partition coefficient (Wildman–Crippen LogP) is 2.13. The quantitative estimate of drug-likeness (QED) is 0.930. The highest BCUT2D eigenvalue weighted by atomic mass is 79.9. The van der Waals surface area contributed by atoms with Gasteiger partial charge in [-0.1, -0.05) is 12.1 Å². The van der Waals surface area contributed by atoms with E-state index >= 15 is 0 Å². The van der Waals surface area contributed by atoms with Crippen LogP contribution in [0.15, 0.2) is 35.2 Å². The van der Waals surface area contributed by atoms with Gasteiger partial charge in [-0.2, -0.15) is 0 Å². The summed E-state index contributed by atoms with van der Waals surface area (Å²) < 4.78 is 11.1. The van der Waals surface area contributed by atoms with Crippen molar-refractivity contribution >= 4 is 15.9 Å². The molecule has 0 saturated carbocycles. The van der Waals surface area contributed by atoms with Crippen LogP contribution >= 0.6 is 15.9 Å². The maximum Gasteiger partial charge on any atom is 0.140 e. The highest BCUT2D eigenvalue weighted by Crippen LogP contribution is 2.37. The number of methoxy groups -OCH3 is 1. The molecule has 0 unspecified atom stereocenters. The molecule has 1 aromatic heterocycles. The average Bonchev–Trinajstić information content (AvgIpc) is 2.44. The van der Waals surface area contributed by atoms with E-state index in [0.717, 1.165) is 16.8 Å². The van der Waals surface area contributed by atoms with Crippen LogP contribution < -0.4 is 4.74 Å². The summed E-state index contributed by atoms with van der Waals surface area (Å²) in [5, 5.41) is 10.4. The summed E-state index contributed by atoms with van der Waals surface area (Å²) in [6.07, 6.45) is 3.31. The third kappa shape index (κ3) is 2.30. The molecular formula is C14H13BrN2O3. The van der Waals surface area contributed by atoms with Crippen LogP contribution in [0.4, 0.5) is 0 Å². The Hall–Kier alpha value is -1.50. The van der Waals surface area contributed by atoms with E-state index in [1.807, 2.05) is 18.2 Å². The lowest BCUT2D eigenvalue weighted by Gasteiger charge is -2.37. The number of hydrogen-bond donors (Lipinski definition) is 1. The zero-order chi connectivity index (χ0) is 14.2. The highest BCUT2D eigenvalue weighted by molar-refractivity contribution is 9.10. The van der Waals surface area contributed by atoms with Gasteiger partial charge >= 0.3 is 0 Å². The summed E-state index contributed by atoms with van der Waals surface area (Å²) in [7, 11) is 1.58. The van der Waals surface area contributed by atoms with E-state index in [1.165, 1.54) is 0 Å². The molecule has 0 aliphatic carbocycles. The van der Waals surface area contributed by atoms with Gasteiger partial charge < -0.3 is 14.6 Å². The second kappa shape index (κ2) is 5.12. The van der Waals surface area contributed by atoms with Crippen LogP contribution in [0.1, 0.15) is 5.56 Å². The van der Waals surface area contributed by atoms with Crippen LogP contribution in [0.25, 0.3) is 11.3 Å². The van der Waals surface area contributed by atoms with Gasteiger partial charge in [0.1, 0.15) is 16.0 Å². The Morgan fingerprint density at radius 3 is 2.75 bits per heavy atom. The maximum atomic E-state index is 10.4. The fourth-order valence-corrected chi connectivity index (χ4v) is 2.48. The Bertz CT molecular complexity index is 644. The van der Waals surface area contributed by atoms with Gasteiger partial charge in [0.2, 0.25) is 0 Å². The maximum absolute atomic E-state index is 10.4. The molecule has 1 aliphatic heterocycles. The predicted molar refractivity (Wildman–Crippen MR) is 76.4 cm³/mol. The van der Waals surface area contributed by atoms with Crippen LogP contribution in [0, 0.1) is 0 Å². The normalized spacial score (nSPS) is 16.6. The minimum absolute atomic E-state index is 0.291. The molecule has 1 aliphatic rings. The van der Waals surface area contributed by atoms with E-state index in [4.69, 9.17) is 9.47 Å². The molecule has 1 aromatic carbocycles. The van der Waals surface area contributed by atoms with Crippen molar-refractivity contribution in [2.45, 2.75) is 5.60 Å². The molecule has 0 bridgehead atoms. The van der Waals surface area contributed by atoms with Crippen molar-refractivity contribution in [1.82, 2.24) is 9.97 Å². The molecule has 0 radical (unpaired) electrons. The van der Waals surface area contributed by atoms with Crippen LogP contribution in [0.5, 0.6) is 5.75 Å². The van der Waals surface area contributed by atoms with Crippen molar-refractivity contribution in [3.8, 4) is 17.0 Å². The fraction of sp³-hybridized carbons (Fsp3) is 0.286. The molecule has 0 amide bonds. The standard InChI is InChI=1S/C14H13BrN2O3/c1-19-12-4-9(11-5-16-6-13(15)17-11)2-3-10(12)14(18)7-20-8-14/h2-6,18H,7-8H2,1H3. The summed E-state index contributed by atoms with van der Waals surface area (Å²) in [5.74, 6) is 0.620. The van der Waals surface area contributed by atoms with E-state index in [2.05, 4.69) is 25.9 Å². The van der Waals surface area contributed by atoms with Crippen molar-refractivity contribution in [2.75, 3.05) is 20.3 Å². The summed E-state index contributed by atoms with van der Waals surface area (Å²) in [6.45, 7) is 0.582. The Kier molecular flexibility index (Phi) is 3.45. The topological polar surface area (TPSA) is 64.5 Å². The Morgan fingerprint density at radius 2 is 2.15 bits per heavy atom. The van der Waals surface area contributed by atoms with Gasteiger partial charge in [-0.05, 0) is 22.0 Å². The van der Waals surface area contributed by atoms with Crippen molar-refractivity contribution in [2.24, 2.45) is 0 Å². The Labute approximate surface area is 124 Å². The van der Waals surface area contributed by atoms with E-state index in [9.17, 15) is 5.11 Å². The smallest absolute Gasteiger partial charge is 0.140 e.